The first-order valence-corrected chi connectivity index (χ1v) is 6.69. The Labute approximate surface area is 115 Å². The molecule has 1 saturated carbocycles. The normalized spacial score (nSPS) is 19.1. The zero-order valence-corrected chi connectivity index (χ0v) is 10.9. The van der Waals surface area contributed by atoms with E-state index in [1.54, 1.807) is 12.3 Å². The summed E-state index contributed by atoms with van der Waals surface area (Å²) in [6.07, 6.45) is 3.94. The molecule has 0 unspecified atom stereocenters. The van der Waals surface area contributed by atoms with Gasteiger partial charge in [-0.2, -0.15) is 0 Å². The SMILES string of the molecule is O=C1NCC2(CC2)c2[nH]c(-c3ccnc(Cl)c3)cc21. The Morgan fingerprint density at radius 1 is 1.32 bits per heavy atom. The number of H-pyrrole nitrogens is 1. The number of carbonyl (C=O) groups is 1. The smallest absolute Gasteiger partial charge is 0.253 e. The molecule has 2 N–H and O–H groups in total. The average Bonchev–Trinajstić information content (AvgIpc) is 3.02. The summed E-state index contributed by atoms with van der Waals surface area (Å²) < 4.78 is 0. The highest BCUT2D eigenvalue weighted by molar-refractivity contribution is 6.29. The molecule has 2 aliphatic rings. The summed E-state index contributed by atoms with van der Waals surface area (Å²) in [7, 11) is 0. The number of carbonyl (C=O) groups excluding carboxylic acids is 1. The summed E-state index contributed by atoms with van der Waals surface area (Å²) in [6.45, 7) is 0.746. The van der Waals surface area contributed by atoms with Gasteiger partial charge in [-0.05, 0) is 31.0 Å². The van der Waals surface area contributed by atoms with Gasteiger partial charge in [0.15, 0.2) is 0 Å². The number of hydrogen-bond donors (Lipinski definition) is 2. The molecule has 1 amide bonds. The number of pyridine rings is 1. The molecule has 4 rings (SSSR count). The molecule has 1 aliphatic heterocycles. The lowest BCUT2D eigenvalue weighted by molar-refractivity contribution is 0.0937. The summed E-state index contributed by atoms with van der Waals surface area (Å²) in [5.41, 5.74) is 3.89. The van der Waals surface area contributed by atoms with Crippen molar-refractivity contribution in [2.45, 2.75) is 18.3 Å². The highest BCUT2D eigenvalue weighted by atomic mass is 35.5. The number of halogens is 1. The number of nitrogens with one attached hydrogen (secondary N) is 2. The van der Waals surface area contributed by atoms with Crippen molar-refractivity contribution >= 4 is 17.5 Å². The maximum absolute atomic E-state index is 11.9. The van der Waals surface area contributed by atoms with E-state index in [-0.39, 0.29) is 11.3 Å². The van der Waals surface area contributed by atoms with Crippen molar-refractivity contribution in [1.82, 2.24) is 15.3 Å². The Kier molecular flexibility index (Phi) is 2.10. The molecule has 19 heavy (non-hydrogen) atoms. The number of nitrogens with zero attached hydrogens (tertiary/aromatic N) is 1. The van der Waals surface area contributed by atoms with Crippen molar-refractivity contribution in [3.63, 3.8) is 0 Å². The van der Waals surface area contributed by atoms with E-state index in [0.29, 0.717) is 5.15 Å². The Morgan fingerprint density at radius 2 is 2.16 bits per heavy atom. The average molecular weight is 274 g/mol. The Bertz CT molecular complexity index is 688. The summed E-state index contributed by atoms with van der Waals surface area (Å²) >= 11 is 5.91. The first-order chi connectivity index (χ1) is 9.18. The number of aromatic nitrogens is 2. The maximum Gasteiger partial charge on any atom is 0.253 e. The van der Waals surface area contributed by atoms with Gasteiger partial charge in [0.05, 0.1) is 5.56 Å². The second-order valence-corrected chi connectivity index (χ2v) is 5.69. The largest absolute Gasteiger partial charge is 0.357 e. The molecular weight excluding hydrogens is 262 g/mol. The predicted octanol–water partition coefficient (Wildman–Crippen LogP) is 2.51. The van der Waals surface area contributed by atoms with Gasteiger partial charge in [0.1, 0.15) is 5.15 Å². The van der Waals surface area contributed by atoms with Gasteiger partial charge in [0.25, 0.3) is 5.91 Å². The molecule has 1 fully saturated rings. The lowest BCUT2D eigenvalue weighted by Crippen LogP contribution is -2.38. The van der Waals surface area contributed by atoms with Crippen molar-refractivity contribution in [3.8, 4) is 11.3 Å². The molecule has 1 spiro atoms. The number of hydrogen-bond acceptors (Lipinski definition) is 2. The zero-order chi connectivity index (χ0) is 13.0. The second-order valence-electron chi connectivity index (χ2n) is 5.30. The van der Waals surface area contributed by atoms with E-state index in [0.717, 1.165) is 41.9 Å². The third-order valence-electron chi connectivity index (χ3n) is 4.07. The van der Waals surface area contributed by atoms with Crippen LogP contribution in [-0.4, -0.2) is 22.4 Å². The van der Waals surface area contributed by atoms with Crippen LogP contribution in [0, 0.1) is 0 Å². The summed E-state index contributed by atoms with van der Waals surface area (Å²) in [4.78, 5) is 19.3. The highest BCUT2D eigenvalue weighted by Gasteiger charge is 2.50. The first-order valence-electron chi connectivity index (χ1n) is 6.32. The minimum absolute atomic E-state index is 0.00942. The third kappa shape index (κ3) is 1.60. The molecule has 0 saturated heterocycles. The standard InChI is InChI=1S/C14H12ClN3O/c15-11-5-8(1-4-16-11)10-6-9-12(18-10)14(2-3-14)7-17-13(9)19/h1,4-6,18H,2-3,7H2,(H,17,19). The number of fused-ring (bicyclic) bond motifs is 2. The Hall–Kier alpha value is -1.81. The Morgan fingerprint density at radius 3 is 2.89 bits per heavy atom. The van der Waals surface area contributed by atoms with E-state index in [4.69, 9.17) is 11.6 Å². The lowest BCUT2D eigenvalue weighted by Gasteiger charge is -2.21. The molecule has 96 valence electrons. The maximum atomic E-state index is 11.9. The van der Waals surface area contributed by atoms with Crippen LogP contribution in [0.15, 0.2) is 24.4 Å². The van der Waals surface area contributed by atoms with Crippen LogP contribution >= 0.6 is 11.6 Å². The van der Waals surface area contributed by atoms with Crippen LogP contribution in [0.1, 0.15) is 28.9 Å². The fourth-order valence-electron chi connectivity index (χ4n) is 2.79. The van der Waals surface area contributed by atoms with Crippen LogP contribution < -0.4 is 5.32 Å². The van der Waals surface area contributed by atoms with Crippen LogP contribution in [0.3, 0.4) is 0 Å². The summed E-state index contributed by atoms with van der Waals surface area (Å²) in [5.74, 6) is 0.00942. The minimum Gasteiger partial charge on any atom is -0.357 e. The highest BCUT2D eigenvalue weighted by Crippen LogP contribution is 2.50. The lowest BCUT2D eigenvalue weighted by atomic mass is 9.95. The molecule has 0 atom stereocenters. The monoisotopic (exact) mass is 273 g/mol. The van der Waals surface area contributed by atoms with Gasteiger partial charge in [-0.3, -0.25) is 4.79 Å². The minimum atomic E-state index is 0.00942. The molecule has 1 aliphatic carbocycles. The van der Waals surface area contributed by atoms with Crippen LogP contribution in [0.25, 0.3) is 11.3 Å². The van der Waals surface area contributed by atoms with E-state index in [1.165, 1.54) is 0 Å². The Balaban J connectivity index is 1.86. The van der Waals surface area contributed by atoms with E-state index in [9.17, 15) is 4.79 Å². The molecule has 0 bridgehead atoms. The molecule has 5 heteroatoms. The van der Waals surface area contributed by atoms with Crippen molar-refractivity contribution in [1.29, 1.82) is 0 Å². The van der Waals surface area contributed by atoms with Gasteiger partial charge in [-0.1, -0.05) is 11.6 Å². The van der Waals surface area contributed by atoms with Gasteiger partial charge >= 0.3 is 0 Å². The quantitative estimate of drug-likeness (QED) is 0.785. The molecule has 3 heterocycles. The van der Waals surface area contributed by atoms with Gasteiger partial charge in [-0.25, -0.2) is 4.98 Å². The van der Waals surface area contributed by atoms with Gasteiger partial charge in [0, 0.05) is 35.1 Å². The van der Waals surface area contributed by atoms with Crippen LogP contribution in [0.5, 0.6) is 0 Å². The van der Waals surface area contributed by atoms with Crippen molar-refractivity contribution in [2.75, 3.05) is 6.54 Å². The molecule has 2 aromatic heterocycles. The van der Waals surface area contributed by atoms with E-state index in [1.807, 2.05) is 12.1 Å². The van der Waals surface area contributed by atoms with Crippen LogP contribution in [0.2, 0.25) is 5.15 Å². The fraction of sp³-hybridized carbons (Fsp3) is 0.286. The fourth-order valence-corrected chi connectivity index (χ4v) is 2.96. The molecule has 4 nitrogen and oxygen atoms in total. The van der Waals surface area contributed by atoms with Crippen LogP contribution in [-0.2, 0) is 5.41 Å². The predicted molar refractivity (Wildman–Crippen MR) is 72.3 cm³/mol. The molecule has 2 aromatic rings. The first kappa shape index (κ1) is 11.1. The van der Waals surface area contributed by atoms with E-state index in [2.05, 4.69) is 15.3 Å². The van der Waals surface area contributed by atoms with E-state index < -0.39 is 0 Å². The zero-order valence-electron chi connectivity index (χ0n) is 10.2. The third-order valence-corrected chi connectivity index (χ3v) is 4.28. The summed E-state index contributed by atoms with van der Waals surface area (Å²) in [6, 6.07) is 5.60. The number of amides is 1. The van der Waals surface area contributed by atoms with Gasteiger partial charge in [-0.15, -0.1) is 0 Å². The molecule has 0 radical (unpaired) electrons. The second kappa shape index (κ2) is 3.61. The van der Waals surface area contributed by atoms with Crippen molar-refractivity contribution < 1.29 is 4.79 Å². The summed E-state index contributed by atoms with van der Waals surface area (Å²) in [5, 5.41) is 3.42. The number of aromatic amines is 1. The number of rotatable bonds is 1. The van der Waals surface area contributed by atoms with Crippen molar-refractivity contribution in [3.05, 3.63) is 40.8 Å². The van der Waals surface area contributed by atoms with Crippen LogP contribution in [0.4, 0.5) is 0 Å². The van der Waals surface area contributed by atoms with Crippen molar-refractivity contribution in [2.24, 2.45) is 0 Å². The molecule has 0 aromatic carbocycles. The molecular formula is C14H12ClN3O. The van der Waals surface area contributed by atoms with Gasteiger partial charge < -0.3 is 10.3 Å². The van der Waals surface area contributed by atoms with E-state index >= 15 is 0 Å². The topological polar surface area (TPSA) is 57.8 Å². The van der Waals surface area contributed by atoms with Gasteiger partial charge in [0.2, 0.25) is 0 Å².